The molecule has 0 saturated carbocycles. The molecule has 0 aromatic carbocycles. The lowest BCUT2D eigenvalue weighted by Gasteiger charge is -2.28. The number of hydrogen-bond acceptors (Lipinski definition) is 5. The summed E-state index contributed by atoms with van der Waals surface area (Å²) in [6, 6.07) is 0. The van der Waals surface area contributed by atoms with Gasteiger partial charge in [0.15, 0.2) is 11.9 Å². The average molecular weight is 325 g/mol. The van der Waals surface area contributed by atoms with Gasteiger partial charge in [0.05, 0.1) is 0 Å². The molecule has 22 heavy (non-hydrogen) atoms. The van der Waals surface area contributed by atoms with Crippen LogP contribution in [0.1, 0.15) is 76.0 Å². The Labute approximate surface area is 137 Å². The lowest BCUT2D eigenvalue weighted by molar-refractivity contribution is -0.148. The van der Waals surface area contributed by atoms with Crippen LogP contribution in [0.15, 0.2) is 5.38 Å². The van der Waals surface area contributed by atoms with Crippen LogP contribution in [-0.4, -0.2) is 16.7 Å². The summed E-state index contributed by atoms with van der Waals surface area (Å²) in [5, 5.41) is 2.48. The summed E-state index contributed by atoms with van der Waals surface area (Å²) >= 11 is 1.40. The van der Waals surface area contributed by atoms with E-state index in [9.17, 15) is 9.59 Å². The topological polar surface area (TPSA) is 56.3 Å². The summed E-state index contributed by atoms with van der Waals surface area (Å²) < 4.78 is 5.49. The fourth-order valence-electron chi connectivity index (χ4n) is 2.71. The number of Topliss-reactive ketones (excluding diaryl/α,β-unsaturated/α-hetero) is 1. The Balaban J connectivity index is 2.99. The van der Waals surface area contributed by atoms with Gasteiger partial charge in [-0.25, -0.2) is 4.98 Å². The van der Waals surface area contributed by atoms with Gasteiger partial charge in [0.25, 0.3) is 0 Å². The number of esters is 1. The third kappa shape index (κ3) is 5.20. The van der Waals surface area contributed by atoms with E-state index < -0.39 is 0 Å². The van der Waals surface area contributed by atoms with Gasteiger partial charge in [-0.1, -0.05) is 34.6 Å². The molecule has 0 aliphatic heterocycles. The zero-order valence-electron chi connectivity index (χ0n) is 14.4. The normalized spacial score (nSPS) is 13.0. The Morgan fingerprint density at radius 1 is 1.23 bits per heavy atom. The Morgan fingerprint density at radius 2 is 1.82 bits per heavy atom. The monoisotopic (exact) mass is 325 g/mol. The summed E-state index contributed by atoms with van der Waals surface area (Å²) in [5.74, 6) is 1.13. The minimum atomic E-state index is -0.365. The van der Waals surface area contributed by atoms with Crippen molar-refractivity contribution in [2.75, 3.05) is 0 Å². The number of ketones is 1. The van der Waals surface area contributed by atoms with E-state index in [4.69, 9.17) is 4.74 Å². The maximum atomic E-state index is 11.7. The number of nitrogens with zero attached hydrogens (tertiary/aromatic N) is 1. The first kappa shape index (κ1) is 18.8. The van der Waals surface area contributed by atoms with Gasteiger partial charge in [-0.05, 0) is 24.2 Å². The molecular formula is C17H27NO3S. The number of hydrogen-bond donors (Lipinski definition) is 0. The molecule has 0 spiro atoms. The maximum Gasteiger partial charge on any atom is 0.303 e. The van der Waals surface area contributed by atoms with Crippen LogP contribution >= 0.6 is 11.3 Å². The van der Waals surface area contributed by atoms with Gasteiger partial charge in [-0.15, -0.1) is 11.3 Å². The van der Waals surface area contributed by atoms with E-state index in [1.165, 1.54) is 18.3 Å². The van der Waals surface area contributed by atoms with E-state index in [2.05, 4.69) is 32.7 Å². The number of ether oxygens (including phenoxy) is 1. The molecule has 1 aromatic heterocycles. The molecule has 0 aliphatic rings. The summed E-state index contributed by atoms with van der Waals surface area (Å²) in [7, 11) is 0. The number of thiazole rings is 1. The standard InChI is InChI=1S/C17H27NO3S/c1-7-15(20)14-9-22-17(18-14)16(21-12(6)19)8-13(10(2)3)11(4)5/h9-11,13,16H,7-8H2,1-6H3. The summed E-state index contributed by atoms with van der Waals surface area (Å²) in [4.78, 5) is 27.6. The molecule has 5 heteroatoms. The Hall–Kier alpha value is -1.23. The molecule has 1 aromatic rings. The number of carbonyl (C=O) groups is 2. The smallest absolute Gasteiger partial charge is 0.303 e. The SMILES string of the molecule is CCC(=O)c1csc(C(CC(C(C)C)C(C)C)OC(C)=O)n1. The molecule has 0 radical (unpaired) electrons. The molecule has 1 rings (SSSR count). The summed E-state index contributed by atoms with van der Waals surface area (Å²) in [5.41, 5.74) is 0.477. The highest BCUT2D eigenvalue weighted by molar-refractivity contribution is 7.09. The second-order valence-electron chi connectivity index (χ2n) is 6.33. The van der Waals surface area contributed by atoms with Crippen LogP contribution in [0.3, 0.4) is 0 Å². The van der Waals surface area contributed by atoms with E-state index in [0.29, 0.717) is 29.9 Å². The molecule has 0 saturated heterocycles. The van der Waals surface area contributed by atoms with Crippen molar-refractivity contribution in [3.63, 3.8) is 0 Å². The molecule has 0 aliphatic carbocycles. The first-order valence-electron chi connectivity index (χ1n) is 7.92. The number of aromatic nitrogens is 1. The number of rotatable bonds is 8. The minimum Gasteiger partial charge on any atom is -0.455 e. The molecule has 1 unspecified atom stereocenters. The lowest BCUT2D eigenvalue weighted by atomic mass is 9.81. The molecule has 0 bridgehead atoms. The van der Waals surface area contributed by atoms with Crippen LogP contribution in [-0.2, 0) is 9.53 Å². The molecule has 0 fully saturated rings. The molecule has 124 valence electrons. The maximum absolute atomic E-state index is 11.7. The highest BCUT2D eigenvalue weighted by Crippen LogP contribution is 2.34. The quantitative estimate of drug-likeness (QED) is 0.515. The van der Waals surface area contributed by atoms with Crippen LogP contribution in [0, 0.1) is 17.8 Å². The largest absolute Gasteiger partial charge is 0.455 e. The minimum absolute atomic E-state index is 0.0216. The van der Waals surface area contributed by atoms with E-state index in [1.54, 1.807) is 5.38 Å². The first-order valence-corrected chi connectivity index (χ1v) is 8.80. The van der Waals surface area contributed by atoms with Crippen LogP contribution in [0.5, 0.6) is 0 Å². The Bertz CT molecular complexity index is 500. The van der Waals surface area contributed by atoms with Crippen molar-refractivity contribution < 1.29 is 14.3 Å². The molecule has 0 N–H and O–H groups in total. The fourth-order valence-corrected chi connectivity index (χ4v) is 3.57. The predicted molar refractivity (Wildman–Crippen MR) is 89.0 cm³/mol. The van der Waals surface area contributed by atoms with Crippen molar-refractivity contribution in [1.82, 2.24) is 4.98 Å². The van der Waals surface area contributed by atoms with E-state index >= 15 is 0 Å². The zero-order valence-corrected chi connectivity index (χ0v) is 15.2. The molecule has 0 amide bonds. The van der Waals surface area contributed by atoms with Crippen molar-refractivity contribution in [3.8, 4) is 0 Å². The molecule has 4 nitrogen and oxygen atoms in total. The van der Waals surface area contributed by atoms with Crippen LogP contribution in [0.2, 0.25) is 0 Å². The van der Waals surface area contributed by atoms with E-state index in [-0.39, 0.29) is 17.9 Å². The van der Waals surface area contributed by atoms with E-state index in [1.807, 2.05) is 6.92 Å². The predicted octanol–water partition coefficient (Wildman–Crippen LogP) is 4.66. The van der Waals surface area contributed by atoms with Crippen LogP contribution in [0.4, 0.5) is 0 Å². The molecule has 1 heterocycles. The zero-order chi connectivity index (χ0) is 16.9. The van der Waals surface area contributed by atoms with Gasteiger partial charge in [0, 0.05) is 18.7 Å². The van der Waals surface area contributed by atoms with Gasteiger partial charge in [-0.3, -0.25) is 9.59 Å². The first-order chi connectivity index (χ1) is 10.3. The van der Waals surface area contributed by atoms with Crippen molar-refractivity contribution in [1.29, 1.82) is 0 Å². The average Bonchev–Trinajstić information content (AvgIpc) is 2.90. The highest BCUT2D eigenvalue weighted by atomic mass is 32.1. The van der Waals surface area contributed by atoms with Gasteiger partial charge < -0.3 is 4.74 Å². The summed E-state index contributed by atoms with van der Waals surface area (Å²) in [6.45, 7) is 12.0. The van der Waals surface area contributed by atoms with Gasteiger partial charge in [0.2, 0.25) is 0 Å². The van der Waals surface area contributed by atoms with Crippen molar-refractivity contribution in [2.45, 2.75) is 60.5 Å². The Morgan fingerprint density at radius 3 is 2.27 bits per heavy atom. The van der Waals surface area contributed by atoms with Gasteiger partial charge >= 0.3 is 5.97 Å². The molecule has 1 atom stereocenters. The van der Waals surface area contributed by atoms with Crippen molar-refractivity contribution in [3.05, 3.63) is 16.1 Å². The van der Waals surface area contributed by atoms with Gasteiger partial charge in [-0.2, -0.15) is 0 Å². The van der Waals surface area contributed by atoms with E-state index in [0.717, 1.165) is 11.4 Å². The highest BCUT2D eigenvalue weighted by Gasteiger charge is 2.27. The fraction of sp³-hybridized carbons (Fsp3) is 0.706. The summed E-state index contributed by atoms with van der Waals surface area (Å²) in [6.07, 6.45) is 0.806. The van der Waals surface area contributed by atoms with Crippen LogP contribution in [0.25, 0.3) is 0 Å². The van der Waals surface area contributed by atoms with Crippen molar-refractivity contribution >= 4 is 23.1 Å². The second kappa shape index (κ2) is 8.42. The van der Waals surface area contributed by atoms with Gasteiger partial charge in [0.1, 0.15) is 10.7 Å². The molecular weight excluding hydrogens is 298 g/mol. The third-order valence-electron chi connectivity index (χ3n) is 3.91. The Kier molecular flexibility index (Phi) is 7.20. The second-order valence-corrected chi connectivity index (χ2v) is 7.22. The third-order valence-corrected chi connectivity index (χ3v) is 4.85. The number of carbonyl (C=O) groups excluding carboxylic acids is 2. The lowest BCUT2D eigenvalue weighted by Crippen LogP contribution is -2.21. The van der Waals surface area contributed by atoms with Crippen molar-refractivity contribution in [2.24, 2.45) is 17.8 Å². The van der Waals surface area contributed by atoms with Crippen LogP contribution < -0.4 is 0 Å².